The molecule has 4 heteroatoms. The lowest BCUT2D eigenvalue weighted by atomic mass is 10.1. The van der Waals surface area contributed by atoms with Gasteiger partial charge in [0.1, 0.15) is 5.82 Å². The van der Waals surface area contributed by atoms with Crippen LogP contribution < -0.4 is 0 Å². The summed E-state index contributed by atoms with van der Waals surface area (Å²) in [7, 11) is 0. The first-order chi connectivity index (χ1) is 8.19. The Bertz CT molecular complexity index is 534. The van der Waals surface area contributed by atoms with Gasteiger partial charge in [-0.05, 0) is 41.4 Å². The van der Waals surface area contributed by atoms with Crippen molar-refractivity contribution in [1.82, 2.24) is 9.78 Å². The van der Waals surface area contributed by atoms with Crippen molar-refractivity contribution in [1.29, 1.82) is 0 Å². The number of nitrogens with zero attached hydrogens (tertiary/aromatic N) is 2. The van der Waals surface area contributed by atoms with Crippen LogP contribution in [0.1, 0.15) is 19.5 Å². The molecule has 17 heavy (non-hydrogen) atoms. The largest absolute Gasteiger partial charge is 0.264 e. The molecule has 0 atom stereocenters. The molecule has 0 aliphatic carbocycles. The van der Waals surface area contributed by atoms with Crippen molar-refractivity contribution in [2.75, 3.05) is 0 Å². The third-order valence-electron chi connectivity index (χ3n) is 2.72. The Morgan fingerprint density at radius 3 is 2.59 bits per heavy atom. The Labute approximate surface area is 109 Å². The van der Waals surface area contributed by atoms with E-state index in [0.29, 0.717) is 5.56 Å². The molecule has 1 aromatic heterocycles. The van der Waals surface area contributed by atoms with Crippen molar-refractivity contribution in [3.63, 3.8) is 0 Å². The molecule has 0 radical (unpaired) electrons. The summed E-state index contributed by atoms with van der Waals surface area (Å²) in [5, 5.41) is 4.47. The fourth-order valence-corrected chi connectivity index (χ4v) is 2.63. The molecule has 0 fully saturated rings. The van der Waals surface area contributed by atoms with Gasteiger partial charge in [0, 0.05) is 12.1 Å². The number of halogens is 2. The van der Waals surface area contributed by atoms with Crippen molar-refractivity contribution in [2.45, 2.75) is 26.8 Å². The number of hydrogen-bond acceptors (Lipinski definition) is 1. The Balaban J connectivity index is 2.66. The van der Waals surface area contributed by atoms with Gasteiger partial charge in [-0.1, -0.05) is 19.1 Å². The monoisotopic (exact) mass is 296 g/mol. The van der Waals surface area contributed by atoms with E-state index in [9.17, 15) is 4.39 Å². The van der Waals surface area contributed by atoms with E-state index in [4.69, 9.17) is 0 Å². The number of benzene rings is 1. The molecule has 90 valence electrons. The minimum atomic E-state index is -0.217. The first-order valence-electron chi connectivity index (χ1n) is 5.69. The quantitative estimate of drug-likeness (QED) is 0.836. The van der Waals surface area contributed by atoms with E-state index in [-0.39, 0.29) is 5.82 Å². The zero-order valence-electron chi connectivity index (χ0n) is 9.87. The first-order valence-corrected chi connectivity index (χ1v) is 6.48. The lowest BCUT2D eigenvalue weighted by molar-refractivity contribution is 0.619. The summed E-state index contributed by atoms with van der Waals surface area (Å²) in [6.07, 6.45) is 0.828. The second-order valence-corrected chi connectivity index (χ2v) is 4.55. The van der Waals surface area contributed by atoms with Crippen LogP contribution in [0.25, 0.3) is 11.3 Å². The standard InChI is InChI=1S/C13H14BrFN2/c1-3-11-12(14)13(17(4-2)16-11)9-7-5-6-8-10(9)15/h5-8H,3-4H2,1-2H3. The van der Waals surface area contributed by atoms with Crippen LogP contribution in [0.4, 0.5) is 4.39 Å². The van der Waals surface area contributed by atoms with E-state index < -0.39 is 0 Å². The molecule has 1 heterocycles. The Kier molecular flexibility index (Phi) is 3.62. The molecule has 0 saturated carbocycles. The van der Waals surface area contributed by atoms with Crippen LogP contribution in [0.2, 0.25) is 0 Å². The van der Waals surface area contributed by atoms with Crippen molar-refractivity contribution in [2.24, 2.45) is 0 Å². The van der Waals surface area contributed by atoms with Gasteiger partial charge >= 0.3 is 0 Å². The van der Waals surface area contributed by atoms with Gasteiger partial charge in [0.05, 0.1) is 15.9 Å². The molecule has 0 amide bonds. The molecule has 2 aromatic rings. The summed E-state index contributed by atoms with van der Waals surface area (Å²) < 4.78 is 16.6. The third kappa shape index (κ3) is 2.14. The van der Waals surface area contributed by atoms with Crippen LogP contribution in [0.5, 0.6) is 0 Å². The van der Waals surface area contributed by atoms with Gasteiger partial charge in [0.25, 0.3) is 0 Å². The molecule has 0 aliphatic rings. The molecule has 0 unspecified atom stereocenters. The minimum Gasteiger partial charge on any atom is -0.264 e. The molecule has 2 rings (SSSR count). The second-order valence-electron chi connectivity index (χ2n) is 3.76. The van der Waals surface area contributed by atoms with Gasteiger partial charge < -0.3 is 0 Å². The van der Waals surface area contributed by atoms with E-state index in [2.05, 4.69) is 21.0 Å². The fourth-order valence-electron chi connectivity index (χ4n) is 1.85. The molecule has 0 aliphatic heterocycles. The van der Waals surface area contributed by atoms with Gasteiger partial charge in [0.2, 0.25) is 0 Å². The number of rotatable bonds is 3. The summed E-state index contributed by atoms with van der Waals surface area (Å²) in [6.45, 7) is 4.77. The summed E-state index contributed by atoms with van der Waals surface area (Å²) in [5.74, 6) is -0.217. The van der Waals surface area contributed by atoms with E-state index in [0.717, 1.165) is 28.8 Å². The van der Waals surface area contributed by atoms with Crippen molar-refractivity contribution in [3.05, 3.63) is 40.2 Å². The van der Waals surface area contributed by atoms with Crippen LogP contribution in [0.3, 0.4) is 0 Å². The maximum atomic E-state index is 13.8. The Morgan fingerprint density at radius 1 is 1.29 bits per heavy atom. The summed E-state index contributed by atoms with van der Waals surface area (Å²) in [4.78, 5) is 0. The van der Waals surface area contributed by atoms with E-state index >= 15 is 0 Å². The molecule has 2 nitrogen and oxygen atoms in total. The summed E-state index contributed by atoms with van der Waals surface area (Å²) in [5.41, 5.74) is 2.38. The van der Waals surface area contributed by atoms with Crippen molar-refractivity contribution in [3.8, 4) is 11.3 Å². The van der Waals surface area contributed by atoms with Crippen molar-refractivity contribution >= 4 is 15.9 Å². The maximum Gasteiger partial charge on any atom is 0.132 e. The van der Waals surface area contributed by atoms with Gasteiger partial charge in [-0.15, -0.1) is 0 Å². The first kappa shape index (κ1) is 12.3. The van der Waals surface area contributed by atoms with Gasteiger partial charge in [-0.25, -0.2) is 4.39 Å². The molecular formula is C13H14BrFN2. The zero-order chi connectivity index (χ0) is 12.4. The minimum absolute atomic E-state index is 0.217. The Morgan fingerprint density at radius 2 is 2.00 bits per heavy atom. The summed E-state index contributed by atoms with van der Waals surface area (Å²) in [6, 6.07) is 6.78. The van der Waals surface area contributed by atoms with Gasteiger partial charge in [0.15, 0.2) is 0 Å². The molecule has 1 aromatic carbocycles. The number of aromatic nitrogens is 2. The van der Waals surface area contributed by atoms with Crippen molar-refractivity contribution < 1.29 is 4.39 Å². The average Bonchev–Trinajstić information content (AvgIpc) is 2.66. The van der Waals surface area contributed by atoms with Crippen LogP contribution in [0, 0.1) is 5.82 Å². The van der Waals surface area contributed by atoms with E-state index in [1.54, 1.807) is 12.1 Å². The van der Waals surface area contributed by atoms with Gasteiger partial charge in [-0.2, -0.15) is 5.10 Å². The lowest BCUT2D eigenvalue weighted by Gasteiger charge is -2.06. The Hall–Kier alpha value is -1.16. The maximum absolute atomic E-state index is 13.8. The predicted molar refractivity (Wildman–Crippen MR) is 70.4 cm³/mol. The normalized spacial score (nSPS) is 10.8. The van der Waals surface area contributed by atoms with Crippen LogP contribution in [-0.4, -0.2) is 9.78 Å². The highest BCUT2D eigenvalue weighted by molar-refractivity contribution is 9.10. The van der Waals surface area contributed by atoms with Gasteiger partial charge in [-0.3, -0.25) is 4.68 Å². The van der Waals surface area contributed by atoms with E-state index in [1.807, 2.05) is 24.6 Å². The molecular weight excluding hydrogens is 283 g/mol. The molecule has 0 N–H and O–H groups in total. The topological polar surface area (TPSA) is 17.8 Å². The highest BCUT2D eigenvalue weighted by atomic mass is 79.9. The predicted octanol–water partition coefficient (Wildman–Crippen LogP) is 4.03. The highest BCUT2D eigenvalue weighted by Crippen LogP contribution is 2.32. The van der Waals surface area contributed by atoms with Crippen LogP contribution >= 0.6 is 15.9 Å². The SMILES string of the molecule is CCc1nn(CC)c(-c2ccccc2F)c1Br. The van der Waals surface area contributed by atoms with Crippen LogP contribution in [-0.2, 0) is 13.0 Å². The third-order valence-corrected chi connectivity index (χ3v) is 3.56. The average molecular weight is 297 g/mol. The molecule has 0 bridgehead atoms. The number of hydrogen-bond donors (Lipinski definition) is 0. The smallest absolute Gasteiger partial charge is 0.132 e. The summed E-state index contributed by atoms with van der Waals surface area (Å²) >= 11 is 3.52. The highest BCUT2D eigenvalue weighted by Gasteiger charge is 2.17. The zero-order valence-corrected chi connectivity index (χ0v) is 11.5. The van der Waals surface area contributed by atoms with Crippen LogP contribution in [0.15, 0.2) is 28.7 Å². The molecule has 0 spiro atoms. The van der Waals surface area contributed by atoms with E-state index in [1.165, 1.54) is 6.07 Å². The molecule has 0 saturated heterocycles. The fraction of sp³-hybridized carbons (Fsp3) is 0.308. The number of aryl methyl sites for hydroxylation is 2. The lowest BCUT2D eigenvalue weighted by Crippen LogP contribution is -2.00. The second kappa shape index (κ2) is 5.00.